The molecule has 1 nitrogen and oxygen atoms in total. The first-order valence-electron chi connectivity index (χ1n) is 7.06. The lowest BCUT2D eigenvalue weighted by molar-refractivity contribution is -0.189. The summed E-state index contributed by atoms with van der Waals surface area (Å²) >= 11 is 3.10. The van der Waals surface area contributed by atoms with Crippen molar-refractivity contribution >= 4 is 15.9 Å². The lowest BCUT2D eigenvalue weighted by atomic mass is 9.83. The third-order valence-corrected chi connectivity index (χ3v) is 4.70. The number of hydrogen-bond acceptors (Lipinski definition) is 1. The minimum absolute atomic E-state index is 0.182. The van der Waals surface area contributed by atoms with Gasteiger partial charge in [-0.1, -0.05) is 18.9 Å². The standard InChI is InChI=1S/C15H18BrF4N/c1-9(10-6-7-13(17)12(16)8-10)21-14-5-3-2-4-11(14)15(18,19)20/h6-9,11,14,21H,2-5H2,1H3. The molecule has 1 saturated carbocycles. The maximum atomic E-state index is 13.2. The average molecular weight is 368 g/mol. The van der Waals surface area contributed by atoms with Crippen LogP contribution in [0.2, 0.25) is 0 Å². The number of benzene rings is 1. The van der Waals surface area contributed by atoms with Gasteiger partial charge in [0.15, 0.2) is 0 Å². The van der Waals surface area contributed by atoms with Gasteiger partial charge in [-0.05, 0) is 53.4 Å². The van der Waals surface area contributed by atoms with Gasteiger partial charge in [0, 0.05) is 12.1 Å². The molecule has 0 spiro atoms. The molecule has 0 bridgehead atoms. The molecule has 6 heteroatoms. The van der Waals surface area contributed by atoms with Crippen LogP contribution in [0.25, 0.3) is 0 Å². The van der Waals surface area contributed by atoms with Crippen molar-refractivity contribution in [1.82, 2.24) is 5.32 Å². The molecule has 1 fully saturated rings. The van der Waals surface area contributed by atoms with Gasteiger partial charge in [0.25, 0.3) is 0 Å². The van der Waals surface area contributed by atoms with E-state index in [4.69, 9.17) is 0 Å². The molecule has 0 saturated heterocycles. The number of nitrogens with one attached hydrogen (secondary N) is 1. The van der Waals surface area contributed by atoms with Crippen LogP contribution in [-0.4, -0.2) is 12.2 Å². The van der Waals surface area contributed by atoms with Crippen molar-refractivity contribution in [1.29, 1.82) is 0 Å². The SMILES string of the molecule is CC(NC1CCCCC1C(F)(F)F)c1ccc(F)c(Br)c1. The molecule has 0 aliphatic heterocycles. The van der Waals surface area contributed by atoms with E-state index >= 15 is 0 Å². The van der Waals surface area contributed by atoms with E-state index in [-0.39, 0.29) is 18.3 Å². The van der Waals surface area contributed by atoms with Crippen LogP contribution < -0.4 is 5.32 Å². The van der Waals surface area contributed by atoms with E-state index in [1.807, 2.05) is 6.92 Å². The normalized spacial score (nSPS) is 24.9. The summed E-state index contributed by atoms with van der Waals surface area (Å²) in [7, 11) is 0. The largest absolute Gasteiger partial charge is 0.393 e. The fraction of sp³-hybridized carbons (Fsp3) is 0.600. The molecule has 1 aromatic rings. The molecule has 0 aromatic heterocycles. The highest BCUT2D eigenvalue weighted by Gasteiger charge is 2.45. The highest BCUT2D eigenvalue weighted by molar-refractivity contribution is 9.10. The van der Waals surface area contributed by atoms with Gasteiger partial charge in [-0.25, -0.2) is 4.39 Å². The van der Waals surface area contributed by atoms with Crippen molar-refractivity contribution < 1.29 is 17.6 Å². The minimum atomic E-state index is -4.17. The summed E-state index contributed by atoms with van der Waals surface area (Å²) in [6.45, 7) is 1.81. The van der Waals surface area contributed by atoms with Gasteiger partial charge >= 0.3 is 6.18 Å². The van der Waals surface area contributed by atoms with Crippen LogP contribution in [0, 0.1) is 11.7 Å². The highest BCUT2D eigenvalue weighted by Crippen LogP contribution is 2.38. The molecule has 0 heterocycles. The zero-order valence-corrected chi connectivity index (χ0v) is 13.3. The van der Waals surface area contributed by atoms with E-state index < -0.39 is 18.1 Å². The highest BCUT2D eigenvalue weighted by atomic mass is 79.9. The maximum Gasteiger partial charge on any atom is 0.393 e. The second-order valence-electron chi connectivity index (χ2n) is 5.60. The molecule has 118 valence electrons. The number of halogens is 5. The Morgan fingerprint density at radius 2 is 1.90 bits per heavy atom. The van der Waals surface area contributed by atoms with Crippen LogP contribution in [0.4, 0.5) is 17.6 Å². The van der Waals surface area contributed by atoms with E-state index in [9.17, 15) is 17.6 Å². The van der Waals surface area contributed by atoms with Gasteiger partial charge < -0.3 is 5.32 Å². The van der Waals surface area contributed by atoms with Crippen LogP contribution in [-0.2, 0) is 0 Å². The number of rotatable bonds is 3. The van der Waals surface area contributed by atoms with Gasteiger partial charge in [0.1, 0.15) is 5.82 Å². The topological polar surface area (TPSA) is 12.0 Å². The third-order valence-electron chi connectivity index (χ3n) is 4.09. The lowest BCUT2D eigenvalue weighted by Crippen LogP contribution is -2.46. The first-order valence-corrected chi connectivity index (χ1v) is 7.86. The van der Waals surface area contributed by atoms with Crippen molar-refractivity contribution in [3.63, 3.8) is 0 Å². The van der Waals surface area contributed by atoms with Crippen molar-refractivity contribution in [3.8, 4) is 0 Å². The van der Waals surface area contributed by atoms with Gasteiger partial charge in [-0.3, -0.25) is 0 Å². The fourth-order valence-corrected chi connectivity index (χ4v) is 3.32. The first-order chi connectivity index (χ1) is 9.79. The van der Waals surface area contributed by atoms with Crippen LogP contribution in [0.1, 0.15) is 44.2 Å². The van der Waals surface area contributed by atoms with E-state index in [0.717, 1.165) is 12.0 Å². The quantitative estimate of drug-likeness (QED) is 0.709. The van der Waals surface area contributed by atoms with Crippen molar-refractivity contribution in [2.75, 3.05) is 0 Å². The predicted octanol–water partition coefficient (Wildman–Crippen LogP) is 5.36. The molecule has 1 N–H and O–H groups in total. The number of alkyl halides is 3. The maximum absolute atomic E-state index is 13.2. The Balaban J connectivity index is 2.09. The Morgan fingerprint density at radius 3 is 2.52 bits per heavy atom. The molecular formula is C15H18BrF4N. The summed E-state index contributed by atoms with van der Waals surface area (Å²) in [6.07, 6.45) is -2.03. The number of hydrogen-bond donors (Lipinski definition) is 1. The first kappa shape index (κ1) is 16.7. The zero-order chi connectivity index (χ0) is 15.6. The van der Waals surface area contributed by atoms with Crippen LogP contribution in [0.5, 0.6) is 0 Å². The summed E-state index contributed by atoms with van der Waals surface area (Å²) in [6, 6.07) is 3.70. The molecule has 1 aromatic carbocycles. The molecule has 3 unspecified atom stereocenters. The summed E-state index contributed by atoms with van der Waals surface area (Å²) in [5.41, 5.74) is 0.773. The van der Waals surface area contributed by atoms with Gasteiger partial charge in [-0.2, -0.15) is 13.2 Å². The second kappa shape index (κ2) is 6.65. The molecular weight excluding hydrogens is 350 g/mol. The van der Waals surface area contributed by atoms with Crippen molar-refractivity contribution in [2.24, 2.45) is 5.92 Å². The molecule has 2 rings (SSSR count). The molecule has 1 aliphatic rings. The molecule has 1 aliphatic carbocycles. The van der Waals surface area contributed by atoms with Crippen LogP contribution in [0.15, 0.2) is 22.7 Å². The van der Waals surface area contributed by atoms with E-state index in [1.54, 1.807) is 12.1 Å². The summed E-state index contributed by atoms with van der Waals surface area (Å²) in [5.74, 6) is -1.67. The average Bonchev–Trinajstić information content (AvgIpc) is 2.41. The minimum Gasteiger partial charge on any atom is -0.307 e. The van der Waals surface area contributed by atoms with Crippen molar-refractivity contribution in [2.45, 2.75) is 50.9 Å². The van der Waals surface area contributed by atoms with E-state index in [0.29, 0.717) is 17.3 Å². The Labute approximate surface area is 130 Å². The zero-order valence-electron chi connectivity index (χ0n) is 11.7. The molecule has 0 radical (unpaired) electrons. The second-order valence-corrected chi connectivity index (χ2v) is 6.46. The summed E-state index contributed by atoms with van der Waals surface area (Å²) < 4.78 is 52.7. The summed E-state index contributed by atoms with van der Waals surface area (Å²) in [4.78, 5) is 0. The third kappa shape index (κ3) is 4.19. The lowest BCUT2D eigenvalue weighted by Gasteiger charge is -2.35. The van der Waals surface area contributed by atoms with Crippen molar-refractivity contribution in [3.05, 3.63) is 34.1 Å². The van der Waals surface area contributed by atoms with E-state index in [2.05, 4.69) is 21.2 Å². The fourth-order valence-electron chi connectivity index (χ4n) is 2.92. The monoisotopic (exact) mass is 367 g/mol. The predicted molar refractivity (Wildman–Crippen MR) is 77.5 cm³/mol. The van der Waals surface area contributed by atoms with E-state index in [1.165, 1.54) is 6.07 Å². The molecule has 0 amide bonds. The smallest absolute Gasteiger partial charge is 0.307 e. The Bertz CT molecular complexity index is 489. The molecule has 3 atom stereocenters. The Morgan fingerprint density at radius 1 is 1.24 bits per heavy atom. The van der Waals surface area contributed by atoms with Gasteiger partial charge in [0.05, 0.1) is 10.4 Å². The summed E-state index contributed by atoms with van der Waals surface area (Å²) in [5, 5.41) is 3.08. The Kier molecular flexibility index (Phi) is 5.30. The van der Waals surface area contributed by atoms with Crippen LogP contribution in [0.3, 0.4) is 0 Å². The van der Waals surface area contributed by atoms with Crippen LogP contribution >= 0.6 is 15.9 Å². The van der Waals surface area contributed by atoms with Gasteiger partial charge in [-0.15, -0.1) is 0 Å². The molecule has 21 heavy (non-hydrogen) atoms. The van der Waals surface area contributed by atoms with Gasteiger partial charge in [0.2, 0.25) is 0 Å². The Hall–Kier alpha value is -0.620.